The maximum atomic E-state index is 12.1. The molecular formula is C17H18N6O7S. The number of nitrogen functional groups attached to an aromatic ring is 1. The third kappa shape index (κ3) is 4.27. The molecule has 31 heavy (non-hydrogen) atoms. The molecule has 3 heterocycles. The van der Waals surface area contributed by atoms with Crippen molar-refractivity contribution in [3.05, 3.63) is 42.5 Å². The minimum atomic E-state index is -4.53. The molecule has 0 spiro atoms. The smallest absolute Gasteiger partial charge is 0.362 e. The van der Waals surface area contributed by atoms with Crippen molar-refractivity contribution in [2.45, 2.75) is 24.9 Å². The van der Waals surface area contributed by atoms with Crippen LogP contribution in [0.5, 0.6) is 5.75 Å². The van der Waals surface area contributed by atoms with Crippen molar-refractivity contribution < 1.29 is 32.3 Å². The number of hydrogen-bond donors (Lipinski definition) is 4. The van der Waals surface area contributed by atoms with E-state index in [0.717, 1.165) is 0 Å². The van der Waals surface area contributed by atoms with Crippen molar-refractivity contribution in [2.75, 3.05) is 12.3 Å². The van der Waals surface area contributed by atoms with Gasteiger partial charge in [-0.1, -0.05) is 12.1 Å². The van der Waals surface area contributed by atoms with E-state index in [1.165, 1.54) is 36.9 Å². The maximum Gasteiger partial charge on any atom is 0.362 e. The first kappa shape index (κ1) is 20.9. The van der Waals surface area contributed by atoms with Gasteiger partial charge in [-0.2, -0.15) is 8.42 Å². The van der Waals surface area contributed by atoms with Gasteiger partial charge in [0.15, 0.2) is 11.5 Å². The van der Waals surface area contributed by atoms with Crippen LogP contribution in [0.4, 0.5) is 5.82 Å². The molecule has 164 valence electrons. The largest absolute Gasteiger partial charge is 0.507 e. The van der Waals surface area contributed by atoms with E-state index in [0.29, 0.717) is 11.2 Å². The van der Waals surface area contributed by atoms with Crippen LogP contribution in [0, 0.1) is 0 Å². The van der Waals surface area contributed by atoms with Crippen molar-refractivity contribution in [3.8, 4) is 5.75 Å². The lowest BCUT2D eigenvalue weighted by Gasteiger charge is -2.16. The Labute approximate surface area is 175 Å². The van der Waals surface area contributed by atoms with E-state index in [4.69, 9.17) is 14.7 Å². The zero-order valence-corrected chi connectivity index (χ0v) is 16.6. The Balaban J connectivity index is 1.40. The molecule has 5 N–H and O–H groups in total. The molecule has 2 aromatic heterocycles. The predicted octanol–water partition coefficient (Wildman–Crippen LogP) is -0.546. The van der Waals surface area contributed by atoms with Crippen molar-refractivity contribution in [2.24, 2.45) is 0 Å². The van der Waals surface area contributed by atoms with E-state index in [2.05, 4.69) is 15.0 Å². The number of nitrogens with one attached hydrogen (secondary N) is 1. The minimum absolute atomic E-state index is 0.119. The lowest BCUT2D eigenvalue weighted by molar-refractivity contribution is -0.0373. The number of amides is 1. The van der Waals surface area contributed by atoms with Crippen LogP contribution in [0.1, 0.15) is 23.0 Å². The number of hydrogen-bond acceptors (Lipinski definition) is 11. The SMILES string of the molecule is Nc1ncnc2c1ncn2C1CC(O)C(COS(=O)(=O)NC(=O)c2ccccc2O)O1. The highest BCUT2D eigenvalue weighted by molar-refractivity contribution is 7.85. The number of anilines is 1. The van der Waals surface area contributed by atoms with Crippen molar-refractivity contribution in [1.82, 2.24) is 24.2 Å². The molecule has 1 aliphatic heterocycles. The summed E-state index contributed by atoms with van der Waals surface area (Å²) in [6.45, 7) is -0.551. The van der Waals surface area contributed by atoms with E-state index in [-0.39, 0.29) is 23.6 Å². The number of rotatable bonds is 6. The van der Waals surface area contributed by atoms with Crippen LogP contribution in [-0.4, -0.2) is 62.9 Å². The first-order valence-electron chi connectivity index (χ1n) is 9.01. The number of aromatic hydroxyl groups is 1. The number of imidazole rings is 1. The van der Waals surface area contributed by atoms with Gasteiger partial charge in [0, 0.05) is 6.42 Å². The van der Waals surface area contributed by atoms with E-state index in [9.17, 15) is 23.4 Å². The second kappa shape index (κ2) is 8.07. The third-order valence-electron chi connectivity index (χ3n) is 4.66. The fourth-order valence-electron chi connectivity index (χ4n) is 3.14. The van der Waals surface area contributed by atoms with Crippen LogP contribution < -0.4 is 10.5 Å². The van der Waals surface area contributed by atoms with Gasteiger partial charge < -0.3 is 20.7 Å². The molecule has 1 aromatic carbocycles. The number of nitrogens with zero attached hydrogens (tertiary/aromatic N) is 4. The van der Waals surface area contributed by atoms with Crippen LogP contribution >= 0.6 is 0 Å². The van der Waals surface area contributed by atoms with Gasteiger partial charge in [0.2, 0.25) is 0 Å². The molecule has 1 saturated heterocycles. The summed E-state index contributed by atoms with van der Waals surface area (Å²) in [6.07, 6.45) is 0.0696. The molecule has 1 amide bonds. The normalized spacial score (nSPS) is 21.4. The van der Waals surface area contributed by atoms with E-state index in [1.807, 2.05) is 0 Å². The Morgan fingerprint density at radius 2 is 2.10 bits per heavy atom. The van der Waals surface area contributed by atoms with Crippen LogP contribution in [0.15, 0.2) is 36.9 Å². The molecule has 1 fully saturated rings. The summed E-state index contributed by atoms with van der Waals surface area (Å²) in [4.78, 5) is 24.1. The Morgan fingerprint density at radius 3 is 2.87 bits per heavy atom. The first-order chi connectivity index (χ1) is 14.7. The number of carbonyl (C=O) groups is 1. The second-order valence-corrected chi connectivity index (χ2v) is 8.05. The van der Waals surface area contributed by atoms with Crippen molar-refractivity contribution in [1.29, 1.82) is 0 Å². The number of nitrogens with two attached hydrogens (primary N) is 1. The first-order valence-corrected chi connectivity index (χ1v) is 10.4. The number of aromatic nitrogens is 4. The lowest BCUT2D eigenvalue weighted by atomic mass is 10.2. The number of carbonyl (C=O) groups excluding carboxylic acids is 1. The van der Waals surface area contributed by atoms with E-state index in [1.54, 1.807) is 9.29 Å². The average Bonchev–Trinajstić information content (AvgIpc) is 3.30. The Hall–Kier alpha value is -3.33. The zero-order valence-electron chi connectivity index (χ0n) is 15.8. The third-order valence-corrected chi connectivity index (χ3v) is 5.54. The highest BCUT2D eigenvalue weighted by atomic mass is 32.2. The fourth-order valence-corrected chi connectivity index (χ4v) is 3.85. The summed E-state index contributed by atoms with van der Waals surface area (Å²) in [7, 11) is -4.53. The molecule has 0 aliphatic carbocycles. The molecule has 0 radical (unpaired) electrons. The number of ether oxygens (including phenoxy) is 1. The van der Waals surface area contributed by atoms with E-state index >= 15 is 0 Å². The summed E-state index contributed by atoms with van der Waals surface area (Å²) in [5.74, 6) is -1.26. The lowest BCUT2D eigenvalue weighted by Crippen LogP contribution is -2.36. The molecule has 4 rings (SSSR count). The van der Waals surface area contributed by atoms with Gasteiger partial charge in [-0.3, -0.25) is 13.5 Å². The zero-order chi connectivity index (χ0) is 22.2. The summed E-state index contributed by atoms with van der Waals surface area (Å²) < 4.78 is 37.9. The van der Waals surface area contributed by atoms with Gasteiger partial charge in [0.25, 0.3) is 5.91 Å². The Bertz CT molecular complexity index is 1230. The summed E-state index contributed by atoms with van der Waals surface area (Å²) >= 11 is 0. The molecular weight excluding hydrogens is 432 g/mol. The van der Waals surface area contributed by atoms with Gasteiger partial charge >= 0.3 is 10.3 Å². The van der Waals surface area contributed by atoms with Crippen LogP contribution in [-0.2, 0) is 19.2 Å². The van der Waals surface area contributed by atoms with Gasteiger partial charge in [-0.15, -0.1) is 0 Å². The topological polar surface area (TPSA) is 192 Å². The number of benzene rings is 1. The summed E-state index contributed by atoms with van der Waals surface area (Å²) in [6, 6.07) is 5.43. The number of phenolic OH excluding ortho intramolecular Hbond substituents is 1. The van der Waals surface area contributed by atoms with Crippen molar-refractivity contribution in [3.63, 3.8) is 0 Å². The van der Waals surface area contributed by atoms with Gasteiger partial charge in [-0.05, 0) is 12.1 Å². The minimum Gasteiger partial charge on any atom is -0.507 e. The van der Waals surface area contributed by atoms with Crippen molar-refractivity contribution >= 4 is 33.2 Å². The van der Waals surface area contributed by atoms with Crippen LogP contribution in [0.25, 0.3) is 11.2 Å². The number of aliphatic hydroxyl groups is 1. The Kier molecular flexibility index (Phi) is 5.45. The monoisotopic (exact) mass is 450 g/mol. The van der Waals surface area contributed by atoms with Crippen LogP contribution in [0.3, 0.4) is 0 Å². The summed E-state index contributed by atoms with van der Waals surface area (Å²) in [5.41, 5.74) is 6.29. The Morgan fingerprint density at radius 1 is 1.32 bits per heavy atom. The average molecular weight is 450 g/mol. The maximum absolute atomic E-state index is 12.1. The number of para-hydroxylation sites is 1. The molecule has 3 atom stereocenters. The summed E-state index contributed by atoms with van der Waals surface area (Å²) in [5, 5.41) is 19.9. The standard InChI is InChI=1S/C17H18N6O7S/c18-15-14-16(20-7-19-15)23(8-21-14)13-5-11(25)12(30-13)6-29-31(27,28)22-17(26)9-3-1-2-4-10(9)24/h1-4,7-8,11-13,24-25H,5-6H2,(H,22,26)(H2,18,19,20). The van der Waals surface area contributed by atoms with E-state index < -0.39 is 41.3 Å². The number of fused-ring (bicyclic) bond motifs is 1. The second-order valence-electron chi connectivity index (χ2n) is 6.70. The predicted molar refractivity (Wildman–Crippen MR) is 105 cm³/mol. The molecule has 14 heteroatoms. The van der Waals surface area contributed by atoms with Crippen LogP contribution in [0.2, 0.25) is 0 Å². The number of aliphatic hydroxyl groups excluding tert-OH is 1. The highest BCUT2D eigenvalue weighted by Gasteiger charge is 2.37. The van der Waals surface area contributed by atoms with Gasteiger partial charge in [0.1, 0.15) is 29.9 Å². The fraction of sp³-hybridized carbons (Fsp3) is 0.294. The molecule has 0 bridgehead atoms. The molecule has 0 saturated carbocycles. The van der Waals surface area contributed by atoms with Gasteiger partial charge in [-0.25, -0.2) is 19.7 Å². The molecule has 13 nitrogen and oxygen atoms in total. The highest BCUT2D eigenvalue weighted by Crippen LogP contribution is 2.31. The quantitative estimate of drug-likeness (QED) is 0.377. The molecule has 3 unspecified atom stereocenters. The number of phenols is 1. The molecule has 3 aromatic rings. The van der Waals surface area contributed by atoms with Gasteiger partial charge in [0.05, 0.1) is 24.6 Å². The molecule has 1 aliphatic rings.